The number of thioether (sulfide) groups is 1. The molecule has 50 valence electrons. The molecule has 0 unspecified atom stereocenters. The molecule has 1 heterocycles. The third kappa shape index (κ3) is 1.22. The molecule has 0 saturated carbocycles. The number of ether oxygens (including phenoxy) is 1. The molecule has 0 saturated heterocycles. The molecule has 1 aliphatic heterocycles. The van der Waals surface area contributed by atoms with Crippen LogP contribution in [-0.2, 0) is 9.53 Å². The Labute approximate surface area is 62.2 Å². The van der Waals surface area contributed by atoms with E-state index in [1.807, 2.05) is 0 Å². The third-order valence-corrected chi connectivity index (χ3v) is 2.48. The summed E-state index contributed by atoms with van der Waals surface area (Å²) in [5.74, 6) is 0.376. The van der Waals surface area contributed by atoms with Gasteiger partial charge >= 0.3 is 0 Å². The van der Waals surface area contributed by atoms with E-state index in [0.717, 1.165) is 0 Å². The molecule has 0 radical (unpaired) electrons. The lowest BCUT2D eigenvalue weighted by atomic mass is 10.4. The summed E-state index contributed by atoms with van der Waals surface area (Å²) in [6.07, 6.45) is 0. The second-order valence-electron chi connectivity index (χ2n) is 1.52. The van der Waals surface area contributed by atoms with Crippen molar-refractivity contribution in [3.05, 3.63) is 10.1 Å². The molecule has 0 aliphatic carbocycles. The number of ketones is 1. The second kappa shape index (κ2) is 2.62. The molecule has 0 aromatic rings. The Balaban J connectivity index is 2.79. The van der Waals surface area contributed by atoms with Gasteiger partial charge in [-0.3, -0.25) is 4.79 Å². The van der Waals surface area contributed by atoms with Gasteiger partial charge in [-0.25, -0.2) is 0 Å². The van der Waals surface area contributed by atoms with Crippen molar-refractivity contribution in [2.24, 2.45) is 0 Å². The van der Waals surface area contributed by atoms with Crippen molar-refractivity contribution in [1.82, 2.24) is 0 Å². The van der Waals surface area contributed by atoms with Gasteiger partial charge in [0, 0.05) is 0 Å². The summed E-state index contributed by atoms with van der Waals surface area (Å²) in [7, 11) is 1.50. The first kappa shape index (κ1) is 6.96. The van der Waals surface area contributed by atoms with Gasteiger partial charge in [-0.1, -0.05) is 23.4 Å². The van der Waals surface area contributed by atoms with Gasteiger partial charge in [-0.05, 0) is 0 Å². The van der Waals surface area contributed by atoms with E-state index in [1.54, 1.807) is 0 Å². The molecular weight excluding hydrogens is 160 g/mol. The van der Waals surface area contributed by atoms with Crippen LogP contribution in [0, 0.1) is 0 Å². The highest BCUT2D eigenvalue weighted by Crippen LogP contribution is 2.31. The fourth-order valence-corrected chi connectivity index (χ4v) is 1.67. The summed E-state index contributed by atoms with van der Waals surface area (Å²) in [5.41, 5.74) is 0. The number of allylic oxidation sites excluding steroid dienone is 1. The fraction of sp³-hybridized carbons (Fsp3) is 0.400. The summed E-state index contributed by atoms with van der Waals surface area (Å²) in [6.45, 7) is 0. The predicted molar refractivity (Wildman–Crippen MR) is 37.4 cm³/mol. The molecule has 1 aliphatic rings. The first-order valence-electron chi connectivity index (χ1n) is 2.35. The van der Waals surface area contributed by atoms with Crippen molar-refractivity contribution in [2.75, 3.05) is 12.9 Å². The van der Waals surface area contributed by atoms with Crippen LogP contribution < -0.4 is 0 Å². The maximum Gasteiger partial charge on any atom is 0.188 e. The highest BCUT2D eigenvalue weighted by atomic mass is 35.5. The molecule has 2 nitrogen and oxygen atoms in total. The molecule has 0 fully saturated rings. The van der Waals surface area contributed by atoms with Crippen LogP contribution in [0.25, 0.3) is 0 Å². The Morgan fingerprint density at radius 2 is 2.44 bits per heavy atom. The molecule has 1 rings (SSSR count). The van der Waals surface area contributed by atoms with E-state index in [1.165, 1.54) is 18.9 Å². The average Bonchev–Trinajstić information content (AvgIpc) is 2.15. The highest BCUT2D eigenvalue weighted by molar-refractivity contribution is 8.04. The molecule has 0 amide bonds. The van der Waals surface area contributed by atoms with Gasteiger partial charge in [0.15, 0.2) is 10.9 Å². The third-order valence-electron chi connectivity index (χ3n) is 0.944. The fourth-order valence-electron chi connectivity index (χ4n) is 0.520. The standard InChI is InChI=1S/C5H5ClO2S/c1-8-5-4(6)3(7)2-9-5/h2H2,1H3. The van der Waals surface area contributed by atoms with Gasteiger partial charge in [0.1, 0.15) is 5.03 Å². The van der Waals surface area contributed by atoms with E-state index < -0.39 is 0 Å². The van der Waals surface area contributed by atoms with Crippen molar-refractivity contribution >= 4 is 29.1 Å². The van der Waals surface area contributed by atoms with Crippen LogP contribution in [0.2, 0.25) is 0 Å². The van der Waals surface area contributed by atoms with E-state index in [0.29, 0.717) is 10.8 Å². The molecule has 0 aromatic heterocycles. The minimum Gasteiger partial charge on any atom is -0.489 e. The second-order valence-corrected chi connectivity index (χ2v) is 2.84. The lowest BCUT2D eigenvalue weighted by Crippen LogP contribution is -1.93. The normalized spacial score (nSPS) is 19.1. The monoisotopic (exact) mass is 164 g/mol. The average molecular weight is 165 g/mol. The number of methoxy groups -OCH3 is 1. The molecule has 0 bridgehead atoms. The largest absolute Gasteiger partial charge is 0.489 e. The van der Waals surface area contributed by atoms with Gasteiger partial charge in [0.05, 0.1) is 12.9 Å². The van der Waals surface area contributed by atoms with Crippen molar-refractivity contribution in [3.8, 4) is 0 Å². The molecule has 4 heteroatoms. The van der Waals surface area contributed by atoms with Crippen LogP contribution in [0.3, 0.4) is 0 Å². The quantitative estimate of drug-likeness (QED) is 0.586. The molecular formula is C5H5ClO2S. The Morgan fingerprint density at radius 3 is 2.67 bits per heavy atom. The van der Waals surface area contributed by atoms with E-state index in [4.69, 9.17) is 16.3 Å². The maximum absolute atomic E-state index is 10.7. The molecule has 0 N–H and O–H groups in total. The van der Waals surface area contributed by atoms with Crippen LogP contribution >= 0.6 is 23.4 Å². The lowest BCUT2D eigenvalue weighted by molar-refractivity contribution is -0.112. The van der Waals surface area contributed by atoms with Crippen LogP contribution in [0.5, 0.6) is 0 Å². The Kier molecular flexibility index (Phi) is 2.03. The SMILES string of the molecule is COC1=C(Cl)C(=O)CS1. The number of Topliss-reactive ketones (excluding diaryl/α,β-unsaturated/α-hetero) is 1. The predicted octanol–water partition coefficient (Wildman–Crippen LogP) is 1.36. The highest BCUT2D eigenvalue weighted by Gasteiger charge is 2.22. The summed E-state index contributed by atoms with van der Waals surface area (Å²) in [6, 6.07) is 0. The van der Waals surface area contributed by atoms with E-state index >= 15 is 0 Å². The first-order valence-corrected chi connectivity index (χ1v) is 3.72. The van der Waals surface area contributed by atoms with E-state index in [-0.39, 0.29) is 10.8 Å². The van der Waals surface area contributed by atoms with Crippen molar-refractivity contribution in [2.45, 2.75) is 0 Å². The van der Waals surface area contributed by atoms with E-state index in [2.05, 4.69) is 0 Å². The molecule has 0 aromatic carbocycles. The van der Waals surface area contributed by atoms with Gasteiger partial charge in [0.2, 0.25) is 0 Å². The van der Waals surface area contributed by atoms with Crippen LogP contribution in [0.1, 0.15) is 0 Å². The molecule has 0 atom stereocenters. The smallest absolute Gasteiger partial charge is 0.188 e. The summed E-state index contributed by atoms with van der Waals surface area (Å²) < 4.78 is 4.78. The van der Waals surface area contributed by atoms with E-state index in [9.17, 15) is 4.79 Å². The van der Waals surface area contributed by atoms with Crippen LogP contribution in [-0.4, -0.2) is 18.6 Å². The van der Waals surface area contributed by atoms with Crippen LogP contribution in [0.4, 0.5) is 0 Å². The summed E-state index contributed by atoms with van der Waals surface area (Å²) >= 11 is 6.85. The lowest BCUT2D eigenvalue weighted by Gasteiger charge is -1.94. The summed E-state index contributed by atoms with van der Waals surface area (Å²) in [4.78, 5) is 10.7. The minimum atomic E-state index is -0.0430. The van der Waals surface area contributed by atoms with Gasteiger partial charge < -0.3 is 4.74 Å². The van der Waals surface area contributed by atoms with Crippen molar-refractivity contribution < 1.29 is 9.53 Å². The summed E-state index contributed by atoms with van der Waals surface area (Å²) in [5, 5.41) is 0.782. The van der Waals surface area contributed by atoms with Crippen molar-refractivity contribution in [1.29, 1.82) is 0 Å². The topological polar surface area (TPSA) is 26.3 Å². The number of hydrogen-bond acceptors (Lipinski definition) is 3. The van der Waals surface area contributed by atoms with Gasteiger partial charge in [-0.15, -0.1) is 0 Å². The zero-order valence-corrected chi connectivity index (χ0v) is 6.38. The van der Waals surface area contributed by atoms with Gasteiger partial charge in [-0.2, -0.15) is 0 Å². The molecule has 0 spiro atoms. The van der Waals surface area contributed by atoms with Gasteiger partial charge in [0.25, 0.3) is 0 Å². The number of carbonyl (C=O) groups is 1. The van der Waals surface area contributed by atoms with Crippen LogP contribution in [0.15, 0.2) is 10.1 Å². The Hall–Kier alpha value is -0.150. The Bertz CT molecular complexity index is 176. The van der Waals surface area contributed by atoms with Crippen molar-refractivity contribution in [3.63, 3.8) is 0 Å². The minimum absolute atomic E-state index is 0.0430. The molecule has 9 heavy (non-hydrogen) atoms. The zero-order valence-electron chi connectivity index (χ0n) is 4.81. The Morgan fingerprint density at radius 1 is 1.78 bits per heavy atom. The maximum atomic E-state index is 10.7. The number of hydrogen-bond donors (Lipinski definition) is 0. The number of carbonyl (C=O) groups excluding carboxylic acids is 1. The number of rotatable bonds is 1. The zero-order chi connectivity index (χ0) is 6.85. The number of halogens is 1. The first-order chi connectivity index (χ1) is 4.25.